The number of hydrogen-bond acceptors (Lipinski definition) is 4. The molecule has 1 amide bonds. The summed E-state index contributed by atoms with van der Waals surface area (Å²) in [7, 11) is 0. The summed E-state index contributed by atoms with van der Waals surface area (Å²) in [5, 5.41) is 8.75. The molecule has 0 aromatic carbocycles. The molecule has 0 bridgehead atoms. The number of amides is 1. The third-order valence-corrected chi connectivity index (χ3v) is 4.08. The summed E-state index contributed by atoms with van der Waals surface area (Å²) in [6.45, 7) is 8.97. The molecule has 0 unspecified atom stereocenters. The van der Waals surface area contributed by atoms with Crippen LogP contribution in [0.5, 0.6) is 0 Å². The monoisotopic (exact) mass is 286 g/mol. The summed E-state index contributed by atoms with van der Waals surface area (Å²) in [6.07, 6.45) is 2.53. The first-order valence-electron chi connectivity index (χ1n) is 7.48. The molecule has 1 fully saturated rings. The van der Waals surface area contributed by atoms with Crippen molar-refractivity contribution in [2.75, 3.05) is 19.6 Å². The molecule has 1 atom stereocenters. The second-order valence-electron chi connectivity index (χ2n) is 5.69. The summed E-state index contributed by atoms with van der Waals surface area (Å²) < 4.78 is 0. The lowest BCUT2D eigenvalue weighted by molar-refractivity contribution is 0.0371. The molecule has 1 aliphatic rings. The Kier molecular flexibility index (Phi) is 4.92. The highest BCUT2D eigenvalue weighted by molar-refractivity contribution is 5.94. The Hall–Kier alpha value is -1.93. The molecule has 0 N–H and O–H groups in total. The minimum absolute atomic E-state index is 0.00819. The van der Waals surface area contributed by atoms with Crippen LogP contribution in [0.15, 0.2) is 18.3 Å². The van der Waals surface area contributed by atoms with Crippen LogP contribution in [0.4, 0.5) is 0 Å². The Morgan fingerprint density at radius 3 is 2.76 bits per heavy atom. The summed E-state index contributed by atoms with van der Waals surface area (Å²) in [5.41, 5.74) is 0.893. The van der Waals surface area contributed by atoms with Crippen LogP contribution in [0.3, 0.4) is 0 Å². The number of carbonyl (C=O) groups is 1. The lowest BCUT2D eigenvalue weighted by atomic mass is 10.1. The van der Waals surface area contributed by atoms with Crippen molar-refractivity contribution in [3.8, 4) is 6.07 Å². The van der Waals surface area contributed by atoms with Crippen LogP contribution in [0.1, 0.15) is 43.2 Å². The van der Waals surface area contributed by atoms with Gasteiger partial charge in [-0.2, -0.15) is 5.26 Å². The SMILES string of the molecule is CC[C@@H]1CN(C(=O)c2ccc(C#N)nc2)CCN1C(C)C. The van der Waals surface area contributed by atoms with Gasteiger partial charge in [-0.05, 0) is 32.4 Å². The van der Waals surface area contributed by atoms with Crippen molar-refractivity contribution in [1.82, 2.24) is 14.8 Å². The van der Waals surface area contributed by atoms with Gasteiger partial charge in [-0.1, -0.05) is 6.92 Å². The third-order valence-electron chi connectivity index (χ3n) is 4.08. The quantitative estimate of drug-likeness (QED) is 0.851. The van der Waals surface area contributed by atoms with Gasteiger partial charge < -0.3 is 4.90 Å². The van der Waals surface area contributed by atoms with Crippen molar-refractivity contribution in [2.45, 2.75) is 39.3 Å². The summed E-state index contributed by atoms with van der Waals surface area (Å²) >= 11 is 0. The van der Waals surface area contributed by atoms with Gasteiger partial charge in [0, 0.05) is 37.9 Å². The maximum absolute atomic E-state index is 12.5. The van der Waals surface area contributed by atoms with Crippen molar-refractivity contribution in [1.29, 1.82) is 5.26 Å². The minimum Gasteiger partial charge on any atom is -0.336 e. The standard InChI is InChI=1S/C16H22N4O/c1-4-15-11-19(7-8-20(15)12(2)3)16(21)13-5-6-14(9-17)18-10-13/h5-6,10,12,15H,4,7-8,11H2,1-3H3/t15-/m1/s1. The van der Waals surface area contributed by atoms with E-state index in [4.69, 9.17) is 5.26 Å². The van der Waals surface area contributed by atoms with Crippen molar-refractivity contribution in [2.24, 2.45) is 0 Å². The van der Waals surface area contributed by atoms with Crippen LogP contribution in [0.25, 0.3) is 0 Å². The fraction of sp³-hybridized carbons (Fsp3) is 0.562. The van der Waals surface area contributed by atoms with E-state index in [1.165, 1.54) is 6.20 Å². The Bertz CT molecular complexity index is 532. The predicted octanol–water partition coefficient (Wildman–Crippen LogP) is 1.90. The largest absolute Gasteiger partial charge is 0.336 e. The Labute approximate surface area is 126 Å². The van der Waals surface area contributed by atoms with Crippen molar-refractivity contribution in [3.63, 3.8) is 0 Å². The molecule has 5 heteroatoms. The van der Waals surface area contributed by atoms with E-state index < -0.39 is 0 Å². The van der Waals surface area contributed by atoms with Gasteiger partial charge in [-0.25, -0.2) is 4.98 Å². The molecule has 0 radical (unpaired) electrons. The Balaban J connectivity index is 2.08. The Morgan fingerprint density at radius 2 is 2.24 bits per heavy atom. The first kappa shape index (κ1) is 15.5. The topological polar surface area (TPSA) is 60.2 Å². The van der Waals surface area contributed by atoms with Crippen LogP contribution >= 0.6 is 0 Å². The zero-order valence-corrected chi connectivity index (χ0v) is 12.9. The van der Waals surface area contributed by atoms with Crippen molar-refractivity contribution in [3.05, 3.63) is 29.6 Å². The van der Waals surface area contributed by atoms with E-state index in [0.29, 0.717) is 23.3 Å². The fourth-order valence-corrected chi connectivity index (χ4v) is 2.87. The first-order chi connectivity index (χ1) is 10.1. The number of piperazine rings is 1. The van der Waals surface area contributed by atoms with Gasteiger partial charge in [0.1, 0.15) is 11.8 Å². The average Bonchev–Trinajstić information content (AvgIpc) is 2.53. The molecule has 2 heterocycles. The number of aromatic nitrogens is 1. The van der Waals surface area contributed by atoms with E-state index in [2.05, 4.69) is 30.7 Å². The average molecular weight is 286 g/mol. The number of carbonyl (C=O) groups excluding carboxylic acids is 1. The molecule has 1 saturated heterocycles. The molecule has 0 aliphatic carbocycles. The molecule has 1 aromatic rings. The van der Waals surface area contributed by atoms with E-state index in [1.54, 1.807) is 12.1 Å². The number of hydrogen-bond donors (Lipinski definition) is 0. The van der Waals surface area contributed by atoms with Crippen LogP contribution in [-0.4, -0.2) is 52.4 Å². The molecule has 5 nitrogen and oxygen atoms in total. The maximum Gasteiger partial charge on any atom is 0.255 e. The predicted molar refractivity (Wildman–Crippen MR) is 80.8 cm³/mol. The number of nitrogens with zero attached hydrogens (tertiary/aromatic N) is 4. The van der Waals surface area contributed by atoms with Gasteiger partial charge in [0.25, 0.3) is 5.91 Å². The first-order valence-corrected chi connectivity index (χ1v) is 7.48. The van der Waals surface area contributed by atoms with Crippen LogP contribution < -0.4 is 0 Å². The van der Waals surface area contributed by atoms with Crippen molar-refractivity contribution < 1.29 is 4.79 Å². The highest BCUT2D eigenvalue weighted by Crippen LogP contribution is 2.17. The normalized spacial score (nSPS) is 19.6. The molecular formula is C16H22N4O. The van der Waals surface area contributed by atoms with E-state index in [-0.39, 0.29) is 5.91 Å². The lowest BCUT2D eigenvalue weighted by Crippen LogP contribution is -2.56. The van der Waals surface area contributed by atoms with Gasteiger partial charge in [-0.3, -0.25) is 9.69 Å². The second-order valence-corrected chi connectivity index (χ2v) is 5.69. The summed E-state index contributed by atoms with van der Waals surface area (Å²) in [5.74, 6) is 0.00819. The summed E-state index contributed by atoms with van der Waals surface area (Å²) in [4.78, 5) is 20.9. The van der Waals surface area contributed by atoms with Crippen LogP contribution in [-0.2, 0) is 0 Å². The highest BCUT2D eigenvalue weighted by Gasteiger charge is 2.30. The zero-order valence-electron chi connectivity index (χ0n) is 12.9. The molecule has 21 heavy (non-hydrogen) atoms. The van der Waals surface area contributed by atoms with Gasteiger partial charge >= 0.3 is 0 Å². The minimum atomic E-state index is 0.00819. The van der Waals surface area contributed by atoms with Gasteiger partial charge in [0.05, 0.1) is 5.56 Å². The highest BCUT2D eigenvalue weighted by atomic mass is 16.2. The van der Waals surface area contributed by atoms with E-state index in [0.717, 1.165) is 26.1 Å². The van der Waals surface area contributed by atoms with Crippen LogP contribution in [0.2, 0.25) is 0 Å². The molecule has 1 aromatic heterocycles. The third kappa shape index (κ3) is 3.40. The van der Waals surface area contributed by atoms with E-state index >= 15 is 0 Å². The molecule has 0 spiro atoms. The number of pyridine rings is 1. The van der Waals surface area contributed by atoms with Crippen LogP contribution in [0, 0.1) is 11.3 Å². The molecule has 0 saturated carbocycles. The van der Waals surface area contributed by atoms with E-state index in [9.17, 15) is 4.79 Å². The lowest BCUT2D eigenvalue weighted by Gasteiger charge is -2.43. The van der Waals surface area contributed by atoms with Crippen molar-refractivity contribution >= 4 is 5.91 Å². The number of rotatable bonds is 3. The summed E-state index contributed by atoms with van der Waals surface area (Å²) in [6, 6.07) is 6.16. The maximum atomic E-state index is 12.5. The molecule has 1 aliphatic heterocycles. The molecule has 2 rings (SSSR count). The number of nitriles is 1. The second kappa shape index (κ2) is 6.68. The van der Waals surface area contributed by atoms with E-state index in [1.807, 2.05) is 11.0 Å². The smallest absolute Gasteiger partial charge is 0.255 e. The zero-order chi connectivity index (χ0) is 15.4. The van der Waals surface area contributed by atoms with Gasteiger partial charge in [-0.15, -0.1) is 0 Å². The fourth-order valence-electron chi connectivity index (χ4n) is 2.87. The molecular weight excluding hydrogens is 264 g/mol. The molecule has 112 valence electrons. The van der Waals surface area contributed by atoms with Gasteiger partial charge in [0.2, 0.25) is 0 Å². The van der Waals surface area contributed by atoms with Gasteiger partial charge in [0.15, 0.2) is 0 Å². The Morgan fingerprint density at radius 1 is 1.48 bits per heavy atom.